The Bertz CT molecular complexity index is 1310. The summed E-state index contributed by atoms with van der Waals surface area (Å²) in [5, 5.41) is 15.1. The highest BCUT2D eigenvalue weighted by molar-refractivity contribution is 6.04. The smallest absolute Gasteiger partial charge is 0.432 e. The van der Waals surface area contributed by atoms with E-state index in [1.807, 2.05) is 0 Å². The van der Waals surface area contributed by atoms with E-state index in [1.165, 1.54) is 43.6 Å². The predicted molar refractivity (Wildman–Crippen MR) is 125 cm³/mol. The van der Waals surface area contributed by atoms with E-state index in [-0.39, 0.29) is 40.4 Å². The maximum absolute atomic E-state index is 12.9. The number of nitrogens with one attached hydrogen (secondary N) is 1. The first-order chi connectivity index (χ1) is 18.2. The predicted octanol–water partition coefficient (Wildman–Crippen LogP) is 3.10. The third kappa shape index (κ3) is 6.76. The molecule has 1 saturated heterocycles. The van der Waals surface area contributed by atoms with E-state index in [4.69, 9.17) is 14.6 Å². The minimum Gasteiger partial charge on any atom is -0.488 e. The molecule has 38 heavy (non-hydrogen) atoms. The summed E-state index contributed by atoms with van der Waals surface area (Å²) in [6.07, 6.45) is 2.45. The number of carbonyl (C=O) groups excluding carboxylic acids is 2. The topological polar surface area (TPSA) is 158 Å². The quantitative estimate of drug-likeness (QED) is 0.397. The van der Waals surface area contributed by atoms with Crippen LogP contribution in [0.15, 0.2) is 42.9 Å². The molecule has 3 aromatic rings. The molecule has 15 heteroatoms. The largest absolute Gasteiger partial charge is 0.488 e. The van der Waals surface area contributed by atoms with Crippen LogP contribution in [0.2, 0.25) is 0 Å². The number of likely N-dealkylation sites (tertiary alicyclic amines) is 1. The molecule has 0 saturated carbocycles. The van der Waals surface area contributed by atoms with Gasteiger partial charge in [-0.05, 0) is 25.5 Å². The van der Waals surface area contributed by atoms with Crippen molar-refractivity contribution < 1.29 is 42.5 Å². The van der Waals surface area contributed by atoms with Gasteiger partial charge in [0.05, 0.1) is 19.0 Å². The molecule has 0 bridgehead atoms. The van der Waals surface area contributed by atoms with Crippen molar-refractivity contribution in [2.45, 2.75) is 26.1 Å². The first kappa shape index (κ1) is 26.4. The third-order valence-electron chi connectivity index (χ3n) is 5.18. The number of benzene rings is 1. The minimum atomic E-state index is -2.97. The van der Waals surface area contributed by atoms with Gasteiger partial charge in [0.15, 0.2) is 5.82 Å². The van der Waals surface area contributed by atoms with Crippen molar-refractivity contribution in [2.75, 3.05) is 25.0 Å². The third-order valence-corrected chi connectivity index (χ3v) is 5.18. The Labute approximate surface area is 213 Å². The highest BCUT2D eigenvalue weighted by atomic mass is 19.3. The van der Waals surface area contributed by atoms with Gasteiger partial charge in [0.2, 0.25) is 5.88 Å². The number of carbonyl (C=O) groups is 3. The van der Waals surface area contributed by atoms with Crippen LogP contribution in [-0.2, 0) is 4.74 Å². The monoisotopic (exact) mass is 532 g/mol. The van der Waals surface area contributed by atoms with Crippen LogP contribution in [0.5, 0.6) is 17.4 Å². The van der Waals surface area contributed by atoms with Gasteiger partial charge in [-0.3, -0.25) is 9.59 Å². The number of ether oxygens (including phenoxy) is 3. The highest BCUT2D eigenvalue weighted by Gasteiger charge is 2.23. The van der Waals surface area contributed by atoms with Crippen LogP contribution >= 0.6 is 0 Å². The summed E-state index contributed by atoms with van der Waals surface area (Å²) >= 11 is 0. The van der Waals surface area contributed by atoms with Crippen molar-refractivity contribution in [3.8, 4) is 17.4 Å². The van der Waals surface area contributed by atoms with Crippen LogP contribution in [0, 0.1) is 0 Å². The van der Waals surface area contributed by atoms with Crippen LogP contribution in [0.1, 0.15) is 34.2 Å². The van der Waals surface area contributed by atoms with Crippen LogP contribution in [0.4, 0.5) is 19.4 Å². The number of rotatable bonds is 10. The highest BCUT2D eigenvalue weighted by Crippen LogP contribution is 2.28. The van der Waals surface area contributed by atoms with Crippen LogP contribution < -0.4 is 14.8 Å². The van der Waals surface area contributed by atoms with Gasteiger partial charge in [-0.1, -0.05) is 0 Å². The molecule has 0 aliphatic carbocycles. The summed E-state index contributed by atoms with van der Waals surface area (Å²) in [5.41, 5.74) is 0.171. The molecule has 0 spiro atoms. The van der Waals surface area contributed by atoms with Gasteiger partial charge in [-0.2, -0.15) is 13.5 Å². The Morgan fingerprint density at radius 1 is 1.13 bits per heavy atom. The molecular formula is C23H22F2N6O7. The van der Waals surface area contributed by atoms with Crippen molar-refractivity contribution in [2.24, 2.45) is 0 Å². The Morgan fingerprint density at radius 3 is 2.50 bits per heavy atom. The van der Waals surface area contributed by atoms with Crippen LogP contribution in [0.3, 0.4) is 0 Å². The summed E-state index contributed by atoms with van der Waals surface area (Å²) < 4.78 is 41.0. The SMILES string of the molecule is C[C@@H](COC(F)F)Oc1cc(Oc2cnc(C(=O)N3CCC3)cn2)cc(C(=O)Nc2ccn(C(=O)O)n2)c1. The maximum Gasteiger partial charge on any atom is 0.432 e. The van der Waals surface area contributed by atoms with Crippen LogP contribution in [0.25, 0.3) is 0 Å². The molecule has 4 rings (SSSR count). The standard InChI is InChI=1S/C23H22F2N6O7/c1-13(12-36-22(24)25)37-15-7-14(20(32)28-18-3-6-31(29-18)23(34)35)8-16(9-15)38-19-11-26-17(10-27-19)21(33)30-4-2-5-30/h3,6-11,13,22H,2,4-5,12H2,1H3,(H,34,35)(H,28,29,32)/t13-/m0/s1. The van der Waals surface area contributed by atoms with Gasteiger partial charge < -0.3 is 29.5 Å². The molecule has 3 heterocycles. The molecule has 0 radical (unpaired) electrons. The zero-order chi connectivity index (χ0) is 27.2. The van der Waals surface area contributed by atoms with Crippen molar-refractivity contribution in [3.05, 3.63) is 54.1 Å². The molecule has 2 N–H and O–H groups in total. The first-order valence-electron chi connectivity index (χ1n) is 11.3. The second-order valence-corrected chi connectivity index (χ2v) is 8.09. The molecular weight excluding hydrogens is 510 g/mol. The lowest BCUT2D eigenvalue weighted by Crippen LogP contribution is -2.42. The van der Waals surface area contributed by atoms with Gasteiger partial charge in [0, 0.05) is 37.0 Å². The van der Waals surface area contributed by atoms with E-state index in [2.05, 4.69) is 25.1 Å². The molecule has 1 fully saturated rings. The number of hydrogen-bond donors (Lipinski definition) is 2. The van der Waals surface area contributed by atoms with Crippen LogP contribution in [-0.4, -0.2) is 80.1 Å². The summed E-state index contributed by atoms with van der Waals surface area (Å²) in [4.78, 5) is 45.9. The Kier molecular flexibility index (Phi) is 8.06. The molecule has 1 aliphatic rings. The van der Waals surface area contributed by atoms with E-state index in [9.17, 15) is 23.2 Å². The van der Waals surface area contributed by atoms with Gasteiger partial charge >= 0.3 is 12.7 Å². The minimum absolute atomic E-state index is 0.0156. The second-order valence-electron chi connectivity index (χ2n) is 8.09. The molecule has 2 aromatic heterocycles. The van der Waals surface area contributed by atoms with Gasteiger partial charge in [-0.25, -0.2) is 14.8 Å². The van der Waals surface area contributed by atoms with Crippen molar-refractivity contribution >= 4 is 23.7 Å². The normalized spacial score (nSPS) is 13.5. The number of amides is 2. The zero-order valence-corrected chi connectivity index (χ0v) is 19.9. The molecule has 200 valence electrons. The fraction of sp³-hybridized carbons (Fsp3) is 0.304. The average Bonchev–Trinajstić information content (AvgIpc) is 3.31. The summed E-state index contributed by atoms with van der Waals surface area (Å²) in [7, 11) is 0. The number of aromatic nitrogens is 4. The second kappa shape index (κ2) is 11.6. The van der Waals surface area contributed by atoms with E-state index in [0.717, 1.165) is 12.6 Å². The number of alkyl halides is 2. The van der Waals surface area contributed by atoms with Crippen molar-refractivity contribution in [3.63, 3.8) is 0 Å². The van der Waals surface area contributed by atoms with Gasteiger partial charge in [0.25, 0.3) is 11.8 Å². The molecule has 2 amide bonds. The summed E-state index contributed by atoms with van der Waals surface area (Å²) in [5.74, 6) is -0.765. The molecule has 13 nitrogen and oxygen atoms in total. The lowest BCUT2D eigenvalue weighted by atomic mass is 10.2. The fourth-order valence-electron chi connectivity index (χ4n) is 3.27. The van der Waals surface area contributed by atoms with Gasteiger partial charge in [-0.15, -0.1) is 5.10 Å². The number of carboxylic acid groups (broad SMARTS) is 1. The molecule has 0 unspecified atom stereocenters. The maximum atomic E-state index is 12.9. The average molecular weight is 532 g/mol. The number of anilines is 1. The molecule has 1 aliphatic heterocycles. The van der Waals surface area contributed by atoms with E-state index >= 15 is 0 Å². The first-order valence-corrected chi connectivity index (χ1v) is 11.3. The summed E-state index contributed by atoms with van der Waals surface area (Å²) in [6.45, 7) is -0.582. The molecule has 1 aromatic carbocycles. The lowest BCUT2D eigenvalue weighted by Gasteiger charge is -2.30. The Morgan fingerprint density at radius 2 is 1.89 bits per heavy atom. The summed E-state index contributed by atoms with van der Waals surface area (Å²) in [6, 6.07) is 5.36. The van der Waals surface area contributed by atoms with Gasteiger partial charge in [0.1, 0.15) is 23.3 Å². The van der Waals surface area contributed by atoms with Crippen molar-refractivity contribution in [1.29, 1.82) is 0 Å². The van der Waals surface area contributed by atoms with Crippen molar-refractivity contribution in [1.82, 2.24) is 24.6 Å². The van der Waals surface area contributed by atoms with E-state index in [1.54, 1.807) is 4.90 Å². The Balaban J connectivity index is 1.53. The number of hydrogen-bond acceptors (Lipinski definition) is 9. The number of nitrogens with zero attached hydrogens (tertiary/aromatic N) is 5. The zero-order valence-electron chi connectivity index (χ0n) is 19.9. The van der Waals surface area contributed by atoms with E-state index in [0.29, 0.717) is 17.8 Å². The Hall–Kier alpha value is -4.66. The fourth-order valence-corrected chi connectivity index (χ4v) is 3.27. The molecule has 1 atom stereocenters. The number of halogens is 2. The lowest BCUT2D eigenvalue weighted by molar-refractivity contribution is -0.142. The van der Waals surface area contributed by atoms with E-state index < -0.39 is 31.3 Å².